The molecule has 0 saturated carbocycles. The molecule has 2 N–H and O–H groups in total. The van der Waals surface area contributed by atoms with E-state index in [4.69, 9.17) is 10.4 Å². The Labute approximate surface area is 117 Å². The van der Waals surface area contributed by atoms with Gasteiger partial charge in [0.2, 0.25) is 5.13 Å². The molecule has 0 aliphatic rings. The number of carboxylic acids is 1. The second-order valence-corrected chi connectivity index (χ2v) is 7.29. The van der Waals surface area contributed by atoms with E-state index in [-0.39, 0.29) is 17.3 Å². The predicted octanol–water partition coefficient (Wildman–Crippen LogP) is 0.759. The third kappa shape index (κ3) is 4.66. The van der Waals surface area contributed by atoms with E-state index in [2.05, 4.69) is 14.9 Å². The minimum Gasteiger partial charge on any atom is -0.481 e. The normalized spacial score (nSPS) is 12.6. The predicted molar refractivity (Wildman–Crippen MR) is 70.5 cm³/mol. The molecule has 8 nitrogen and oxygen atoms in total. The summed E-state index contributed by atoms with van der Waals surface area (Å²) in [6.45, 7) is 1.58. The molecule has 19 heavy (non-hydrogen) atoms. The zero-order valence-electron chi connectivity index (χ0n) is 9.73. The van der Waals surface area contributed by atoms with Crippen LogP contribution in [0.2, 0.25) is 0 Å². The lowest BCUT2D eigenvalue weighted by molar-refractivity contribution is -0.133. The van der Waals surface area contributed by atoms with Crippen LogP contribution >= 0.6 is 23.1 Å². The number of thioether (sulfide) groups is 1. The van der Waals surface area contributed by atoms with Crippen LogP contribution in [-0.2, 0) is 14.8 Å². The van der Waals surface area contributed by atoms with Crippen molar-refractivity contribution >= 4 is 44.2 Å². The third-order valence-electron chi connectivity index (χ3n) is 1.84. The first-order valence-corrected chi connectivity index (χ1v) is 8.33. The lowest BCUT2D eigenvalue weighted by Crippen LogP contribution is -2.25. The second kappa shape index (κ2) is 6.69. The summed E-state index contributed by atoms with van der Waals surface area (Å²) in [4.78, 5) is 10.4. The molecule has 0 aliphatic heterocycles. The molecule has 104 valence electrons. The van der Waals surface area contributed by atoms with Crippen LogP contribution in [-0.4, -0.2) is 40.7 Å². The van der Waals surface area contributed by atoms with Crippen LogP contribution < -0.4 is 4.72 Å². The summed E-state index contributed by atoms with van der Waals surface area (Å²) in [5.74, 6) is -1.19. The Morgan fingerprint density at radius 2 is 2.32 bits per heavy atom. The van der Waals surface area contributed by atoms with Gasteiger partial charge >= 0.3 is 5.97 Å². The van der Waals surface area contributed by atoms with E-state index in [1.54, 1.807) is 13.0 Å². The minimum absolute atomic E-state index is 0.0154. The molecule has 11 heteroatoms. The topological polar surface area (TPSA) is 133 Å². The van der Waals surface area contributed by atoms with Gasteiger partial charge in [-0.05, 0) is 6.42 Å². The highest BCUT2D eigenvalue weighted by Gasteiger charge is 2.24. The third-order valence-corrected chi connectivity index (χ3v) is 5.60. The maximum Gasteiger partial charge on any atom is 0.313 e. The molecular weight excluding hydrogens is 312 g/mol. The number of aromatic nitrogens is 2. The number of rotatable bonds is 7. The van der Waals surface area contributed by atoms with Crippen LogP contribution in [0, 0.1) is 11.3 Å². The van der Waals surface area contributed by atoms with E-state index in [9.17, 15) is 13.2 Å². The number of carbonyl (C=O) groups is 1. The van der Waals surface area contributed by atoms with Gasteiger partial charge in [-0.2, -0.15) is 5.26 Å². The fourth-order valence-electron chi connectivity index (χ4n) is 1.01. The Morgan fingerprint density at radius 1 is 1.63 bits per heavy atom. The van der Waals surface area contributed by atoms with Crippen LogP contribution in [0.4, 0.5) is 5.13 Å². The second-order valence-electron chi connectivity index (χ2n) is 3.23. The standard InChI is InChI=1S/C8H10N4O4S3/c1-2-5(3-9)19(15,16)12-7-10-11-8(18-7)17-4-6(13)14/h5H,2,4H2,1H3,(H,10,12)(H,13,14). The van der Waals surface area contributed by atoms with Crippen molar-refractivity contribution in [1.29, 1.82) is 5.26 Å². The van der Waals surface area contributed by atoms with Gasteiger partial charge in [0.15, 0.2) is 9.59 Å². The number of hydrogen-bond acceptors (Lipinski definition) is 8. The van der Waals surface area contributed by atoms with Crippen molar-refractivity contribution in [3.8, 4) is 6.07 Å². The maximum atomic E-state index is 11.7. The van der Waals surface area contributed by atoms with Crippen LogP contribution in [0.15, 0.2) is 4.34 Å². The summed E-state index contributed by atoms with van der Waals surface area (Å²) in [5.41, 5.74) is 0. The van der Waals surface area contributed by atoms with Crippen molar-refractivity contribution in [1.82, 2.24) is 10.2 Å². The van der Waals surface area contributed by atoms with E-state index in [1.807, 2.05) is 0 Å². The quantitative estimate of drug-likeness (QED) is 0.703. The highest BCUT2D eigenvalue weighted by Crippen LogP contribution is 2.26. The molecular formula is C8H10N4O4S3. The number of hydrogen-bond donors (Lipinski definition) is 2. The molecule has 1 aromatic heterocycles. The van der Waals surface area contributed by atoms with E-state index in [0.717, 1.165) is 23.1 Å². The molecule has 1 unspecified atom stereocenters. The minimum atomic E-state index is -3.82. The van der Waals surface area contributed by atoms with E-state index >= 15 is 0 Å². The average Bonchev–Trinajstić information content (AvgIpc) is 2.74. The zero-order valence-corrected chi connectivity index (χ0v) is 12.2. The van der Waals surface area contributed by atoms with Gasteiger partial charge in [-0.1, -0.05) is 30.0 Å². The van der Waals surface area contributed by atoms with Crippen LogP contribution in [0.3, 0.4) is 0 Å². The molecule has 1 heterocycles. The van der Waals surface area contributed by atoms with Crippen molar-refractivity contribution < 1.29 is 18.3 Å². The average molecular weight is 322 g/mol. The Hall–Kier alpha value is -1.38. The summed E-state index contributed by atoms with van der Waals surface area (Å²) < 4.78 is 26.0. The number of aliphatic carboxylic acids is 1. The molecule has 1 atom stereocenters. The number of nitrogens with zero attached hydrogens (tertiary/aromatic N) is 3. The van der Waals surface area contributed by atoms with Crippen LogP contribution in [0.5, 0.6) is 0 Å². The summed E-state index contributed by atoms with van der Waals surface area (Å²) >= 11 is 1.86. The van der Waals surface area contributed by atoms with E-state index < -0.39 is 21.2 Å². The number of carboxylic acid groups (broad SMARTS) is 1. The van der Waals surface area contributed by atoms with Gasteiger partial charge in [0.1, 0.15) is 0 Å². The molecule has 0 saturated heterocycles. The lowest BCUT2D eigenvalue weighted by Gasteiger charge is -2.07. The summed E-state index contributed by atoms with van der Waals surface area (Å²) in [6, 6.07) is 1.68. The monoisotopic (exact) mass is 322 g/mol. The molecule has 1 aromatic rings. The smallest absolute Gasteiger partial charge is 0.313 e. The van der Waals surface area contributed by atoms with Crippen molar-refractivity contribution in [2.75, 3.05) is 10.5 Å². The first-order valence-electron chi connectivity index (χ1n) is 4.98. The SMILES string of the molecule is CCC(C#N)S(=O)(=O)Nc1nnc(SCC(=O)O)s1. The van der Waals surface area contributed by atoms with Gasteiger partial charge in [0.05, 0.1) is 11.8 Å². The largest absolute Gasteiger partial charge is 0.481 e. The fourth-order valence-corrected chi connectivity index (χ4v) is 3.85. The molecule has 0 bridgehead atoms. The molecule has 0 amide bonds. The van der Waals surface area contributed by atoms with Crippen molar-refractivity contribution in [3.05, 3.63) is 0 Å². The van der Waals surface area contributed by atoms with Gasteiger partial charge in [-0.3, -0.25) is 9.52 Å². The Bertz CT molecular complexity index is 591. The molecule has 0 fully saturated rings. The van der Waals surface area contributed by atoms with Gasteiger partial charge in [-0.25, -0.2) is 8.42 Å². The van der Waals surface area contributed by atoms with E-state index in [0.29, 0.717) is 4.34 Å². The lowest BCUT2D eigenvalue weighted by atomic mass is 10.4. The molecule has 1 rings (SSSR count). The first kappa shape index (κ1) is 15.7. The number of sulfonamides is 1. The van der Waals surface area contributed by atoms with Crippen molar-refractivity contribution in [3.63, 3.8) is 0 Å². The van der Waals surface area contributed by atoms with Gasteiger partial charge in [0, 0.05) is 0 Å². The zero-order chi connectivity index (χ0) is 14.5. The Kier molecular flexibility index (Phi) is 5.52. The number of nitriles is 1. The van der Waals surface area contributed by atoms with Gasteiger partial charge in [-0.15, -0.1) is 10.2 Å². The summed E-state index contributed by atoms with van der Waals surface area (Å²) in [6.07, 6.45) is 0.158. The maximum absolute atomic E-state index is 11.7. The number of anilines is 1. The summed E-state index contributed by atoms with van der Waals surface area (Å²) in [7, 11) is -3.82. The molecule has 0 aliphatic carbocycles. The Morgan fingerprint density at radius 3 is 2.84 bits per heavy atom. The highest BCUT2D eigenvalue weighted by molar-refractivity contribution is 8.01. The van der Waals surface area contributed by atoms with Gasteiger partial charge in [0.25, 0.3) is 10.0 Å². The van der Waals surface area contributed by atoms with Gasteiger partial charge < -0.3 is 5.11 Å². The summed E-state index contributed by atoms with van der Waals surface area (Å²) in [5, 5.41) is 23.3. The van der Waals surface area contributed by atoms with Crippen molar-refractivity contribution in [2.24, 2.45) is 0 Å². The molecule has 0 radical (unpaired) electrons. The van der Waals surface area contributed by atoms with Crippen LogP contribution in [0.1, 0.15) is 13.3 Å². The van der Waals surface area contributed by atoms with E-state index in [1.165, 1.54) is 0 Å². The van der Waals surface area contributed by atoms with Crippen LogP contribution in [0.25, 0.3) is 0 Å². The molecule has 0 spiro atoms. The first-order chi connectivity index (χ1) is 8.89. The molecule has 0 aromatic carbocycles. The van der Waals surface area contributed by atoms with Crippen molar-refractivity contribution in [2.45, 2.75) is 22.9 Å². The fraction of sp³-hybridized carbons (Fsp3) is 0.500. The highest BCUT2D eigenvalue weighted by atomic mass is 32.2. The number of nitrogens with one attached hydrogen (secondary N) is 1. The Balaban J connectivity index is 2.73.